The van der Waals surface area contributed by atoms with Crippen LogP contribution in [-0.4, -0.2) is 37.8 Å². The van der Waals surface area contributed by atoms with Crippen LogP contribution in [0, 0.1) is 5.82 Å². The molecule has 2 heterocycles. The number of aromatic nitrogens is 4. The Morgan fingerprint density at radius 3 is 2.45 bits per heavy atom. The molecule has 5 aromatic rings. The molecule has 0 saturated heterocycles. The lowest BCUT2D eigenvalue weighted by Crippen LogP contribution is -2.21. The minimum Gasteiger partial charge on any atom is -0.497 e. The number of carbonyl (C=O) groups is 1. The Kier molecular flexibility index (Phi) is 5.39. The Hall–Kier alpha value is -3.98. The predicted molar refractivity (Wildman–Crippen MR) is 124 cm³/mol. The van der Waals surface area contributed by atoms with Crippen molar-refractivity contribution in [3.8, 4) is 11.4 Å². The monoisotopic (exact) mass is 460 g/mol. The molecule has 0 amide bonds. The number of fused-ring (bicyclic) bond motifs is 3. The standard InChI is InChI=1S/C24H17FN4O3S/c1-32-18-12-10-17(11-13-18)28-22(31)19-4-2-3-5-20(19)29-23(28)26-27-24(29)33-14-21(30)15-6-8-16(25)9-7-15/h2-13H,14H2,1H3. The van der Waals surface area contributed by atoms with Gasteiger partial charge in [0.1, 0.15) is 11.6 Å². The highest BCUT2D eigenvalue weighted by Gasteiger charge is 2.19. The number of thioether (sulfide) groups is 1. The third-order valence-corrected chi connectivity index (χ3v) is 6.15. The summed E-state index contributed by atoms with van der Waals surface area (Å²) in [6.45, 7) is 0. The summed E-state index contributed by atoms with van der Waals surface area (Å²) in [7, 11) is 1.57. The van der Waals surface area contributed by atoms with Crippen molar-refractivity contribution in [1.29, 1.82) is 0 Å². The van der Waals surface area contributed by atoms with Crippen LogP contribution < -0.4 is 10.3 Å². The second kappa shape index (κ2) is 8.51. The molecule has 0 spiro atoms. The molecule has 0 unspecified atom stereocenters. The molecule has 0 bridgehead atoms. The highest BCUT2D eigenvalue weighted by molar-refractivity contribution is 7.99. The van der Waals surface area contributed by atoms with Gasteiger partial charge in [0.25, 0.3) is 5.56 Å². The van der Waals surface area contributed by atoms with Crippen molar-refractivity contribution in [2.75, 3.05) is 12.9 Å². The van der Waals surface area contributed by atoms with Crippen LogP contribution >= 0.6 is 11.8 Å². The zero-order chi connectivity index (χ0) is 22.9. The van der Waals surface area contributed by atoms with Gasteiger partial charge in [0.2, 0.25) is 5.78 Å². The van der Waals surface area contributed by atoms with Gasteiger partial charge in [0.15, 0.2) is 10.9 Å². The van der Waals surface area contributed by atoms with Gasteiger partial charge in [0.05, 0.1) is 29.5 Å². The zero-order valence-electron chi connectivity index (χ0n) is 17.4. The van der Waals surface area contributed by atoms with E-state index in [0.29, 0.717) is 38.8 Å². The van der Waals surface area contributed by atoms with Crippen LogP contribution in [0.2, 0.25) is 0 Å². The molecule has 9 heteroatoms. The minimum atomic E-state index is -0.398. The summed E-state index contributed by atoms with van der Waals surface area (Å²) in [5.74, 6) is 0.527. The first kappa shape index (κ1) is 20.9. The van der Waals surface area contributed by atoms with Gasteiger partial charge in [-0.15, -0.1) is 10.2 Å². The number of methoxy groups -OCH3 is 1. The fourth-order valence-corrected chi connectivity index (χ4v) is 4.42. The number of carbonyl (C=O) groups excluding carboxylic acids is 1. The van der Waals surface area contributed by atoms with Crippen LogP contribution in [0.1, 0.15) is 10.4 Å². The molecule has 0 radical (unpaired) electrons. The maximum absolute atomic E-state index is 13.3. The van der Waals surface area contributed by atoms with Gasteiger partial charge in [-0.2, -0.15) is 0 Å². The topological polar surface area (TPSA) is 78.5 Å². The normalized spacial score (nSPS) is 11.2. The fourth-order valence-electron chi connectivity index (χ4n) is 3.59. The quantitative estimate of drug-likeness (QED) is 0.280. The summed E-state index contributed by atoms with van der Waals surface area (Å²) in [6, 6.07) is 19.7. The zero-order valence-corrected chi connectivity index (χ0v) is 18.3. The molecule has 0 aliphatic heterocycles. The summed E-state index contributed by atoms with van der Waals surface area (Å²) >= 11 is 1.21. The lowest BCUT2D eigenvalue weighted by molar-refractivity contribution is 0.102. The molecular weight excluding hydrogens is 443 g/mol. The average molecular weight is 460 g/mol. The minimum absolute atomic E-state index is 0.0857. The predicted octanol–water partition coefficient (Wildman–Crippen LogP) is 4.16. The van der Waals surface area contributed by atoms with E-state index < -0.39 is 5.82 Å². The number of halogens is 1. The van der Waals surface area contributed by atoms with E-state index in [1.54, 1.807) is 47.9 Å². The Balaban J connectivity index is 1.61. The third kappa shape index (κ3) is 3.76. The molecule has 0 aliphatic carbocycles. The molecule has 7 nitrogen and oxygen atoms in total. The summed E-state index contributed by atoms with van der Waals surface area (Å²) in [5.41, 5.74) is 1.44. The van der Waals surface area contributed by atoms with Crippen molar-refractivity contribution in [3.05, 3.63) is 94.5 Å². The second-order valence-corrected chi connectivity index (χ2v) is 8.13. The first-order valence-electron chi connectivity index (χ1n) is 10.0. The van der Waals surface area contributed by atoms with Crippen LogP contribution in [0.25, 0.3) is 22.4 Å². The first-order chi connectivity index (χ1) is 16.1. The molecule has 0 atom stereocenters. The van der Waals surface area contributed by atoms with E-state index >= 15 is 0 Å². The van der Waals surface area contributed by atoms with Crippen molar-refractivity contribution >= 4 is 34.2 Å². The Labute approximate surface area is 191 Å². The first-order valence-corrected chi connectivity index (χ1v) is 11.0. The number of rotatable bonds is 6. The average Bonchev–Trinajstić information content (AvgIpc) is 3.27. The van der Waals surface area contributed by atoms with Gasteiger partial charge in [-0.1, -0.05) is 23.9 Å². The molecule has 5 rings (SSSR count). The van der Waals surface area contributed by atoms with Crippen LogP contribution in [0.15, 0.2) is 82.7 Å². The largest absolute Gasteiger partial charge is 0.497 e. The van der Waals surface area contributed by atoms with Crippen molar-refractivity contribution in [3.63, 3.8) is 0 Å². The maximum Gasteiger partial charge on any atom is 0.267 e. The molecule has 0 aliphatic rings. The maximum atomic E-state index is 13.3. The van der Waals surface area contributed by atoms with Gasteiger partial charge < -0.3 is 4.74 Å². The molecule has 2 aromatic heterocycles. The summed E-state index contributed by atoms with van der Waals surface area (Å²) < 4.78 is 21.6. The number of ether oxygens (including phenoxy) is 1. The molecule has 0 fully saturated rings. The number of ketones is 1. The van der Waals surface area contributed by atoms with Crippen molar-refractivity contribution in [1.82, 2.24) is 19.2 Å². The van der Waals surface area contributed by atoms with E-state index in [2.05, 4.69) is 10.2 Å². The second-order valence-electron chi connectivity index (χ2n) is 7.19. The number of Topliss-reactive ketones (excluding diaryl/α,β-unsaturated/α-hetero) is 1. The summed E-state index contributed by atoms with van der Waals surface area (Å²) in [6.07, 6.45) is 0. The van der Waals surface area contributed by atoms with Gasteiger partial charge in [-0.3, -0.25) is 14.0 Å². The number of benzene rings is 3. The van der Waals surface area contributed by atoms with Gasteiger partial charge >= 0.3 is 0 Å². The highest BCUT2D eigenvalue weighted by Crippen LogP contribution is 2.24. The molecule has 0 saturated carbocycles. The van der Waals surface area contributed by atoms with E-state index in [0.717, 1.165) is 0 Å². The van der Waals surface area contributed by atoms with Crippen molar-refractivity contribution in [2.45, 2.75) is 5.16 Å². The molecule has 164 valence electrons. The summed E-state index contributed by atoms with van der Waals surface area (Å²) in [5, 5.41) is 9.50. The molecule has 3 aromatic carbocycles. The number of nitrogens with zero attached hydrogens (tertiary/aromatic N) is 4. The van der Waals surface area contributed by atoms with E-state index in [1.807, 2.05) is 12.1 Å². The van der Waals surface area contributed by atoms with E-state index in [1.165, 1.54) is 40.6 Å². The SMILES string of the molecule is COc1ccc(-n2c(=O)c3ccccc3n3c(SCC(=O)c4ccc(F)cc4)nnc23)cc1. The Morgan fingerprint density at radius 2 is 1.73 bits per heavy atom. The van der Waals surface area contributed by atoms with Crippen molar-refractivity contribution in [2.24, 2.45) is 0 Å². The lowest BCUT2D eigenvalue weighted by atomic mass is 10.1. The van der Waals surface area contributed by atoms with Crippen LogP contribution in [0.4, 0.5) is 4.39 Å². The number of para-hydroxylation sites is 1. The Morgan fingerprint density at radius 1 is 1.00 bits per heavy atom. The van der Waals surface area contributed by atoms with E-state index in [4.69, 9.17) is 4.74 Å². The van der Waals surface area contributed by atoms with Gasteiger partial charge in [-0.25, -0.2) is 8.96 Å². The third-order valence-electron chi connectivity index (χ3n) is 5.22. The van der Waals surface area contributed by atoms with Gasteiger partial charge in [0, 0.05) is 5.56 Å². The van der Waals surface area contributed by atoms with Crippen LogP contribution in [-0.2, 0) is 0 Å². The highest BCUT2D eigenvalue weighted by atomic mass is 32.2. The lowest BCUT2D eigenvalue weighted by Gasteiger charge is -2.11. The molecular formula is C24H17FN4O3S. The van der Waals surface area contributed by atoms with Crippen molar-refractivity contribution < 1.29 is 13.9 Å². The van der Waals surface area contributed by atoms with Gasteiger partial charge in [-0.05, 0) is 60.7 Å². The van der Waals surface area contributed by atoms with Crippen LogP contribution in [0.5, 0.6) is 5.75 Å². The van der Waals surface area contributed by atoms with Crippen LogP contribution in [0.3, 0.4) is 0 Å². The molecule has 33 heavy (non-hydrogen) atoms. The van der Waals surface area contributed by atoms with E-state index in [-0.39, 0.29) is 17.1 Å². The summed E-state index contributed by atoms with van der Waals surface area (Å²) in [4.78, 5) is 25.9. The Bertz CT molecular complexity index is 1540. The smallest absolute Gasteiger partial charge is 0.267 e. The number of hydrogen-bond acceptors (Lipinski definition) is 6. The fraction of sp³-hybridized carbons (Fsp3) is 0.0833. The number of hydrogen-bond donors (Lipinski definition) is 0. The van der Waals surface area contributed by atoms with E-state index in [9.17, 15) is 14.0 Å². The molecule has 0 N–H and O–H groups in total.